The van der Waals surface area contributed by atoms with Crippen LogP contribution < -0.4 is 16.1 Å². The van der Waals surface area contributed by atoms with E-state index in [1.54, 1.807) is 26.4 Å². The van der Waals surface area contributed by atoms with Crippen LogP contribution in [0.1, 0.15) is 91.2 Å². The molecular formula is C47H61N7O7. The van der Waals surface area contributed by atoms with E-state index in [0.717, 1.165) is 44.5 Å². The fourth-order valence-corrected chi connectivity index (χ4v) is 8.74. The van der Waals surface area contributed by atoms with Gasteiger partial charge in [0.15, 0.2) is 0 Å². The summed E-state index contributed by atoms with van der Waals surface area (Å²) in [4.78, 5) is 73.7. The van der Waals surface area contributed by atoms with Gasteiger partial charge in [-0.2, -0.15) is 0 Å². The minimum absolute atomic E-state index is 0.0480. The molecule has 0 radical (unpaired) electrons. The Balaban J connectivity index is 1.57. The van der Waals surface area contributed by atoms with E-state index in [4.69, 9.17) is 14.5 Å². The highest BCUT2D eigenvalue weighted by molar-refractivity contribution is 5.97. The lowest BCUT2D eigenvalue weighted by atomic mass is 9.84. The largest absolute Gasteiger partial charge is 0.464 e. The maximum Gasteiger partial charge on any atom is 0.324 e. The second-order valence-corrected chi connectivity index (χ2v) is 17.6. The molecule has 2 aromatic carbocycles. The van der Waals surface area contributed by atoms with Crippen LogP contribution in [0, 0.1) is 11.3 Å². The van der Waals surface area contributed by atoms with Crippen LogP contribution in [0.2, 0.25) is 0 Å². The number of aryl methyl sites for hydroxylation is 1. The number of hydrazine groups is 1. The van der Waals surface area contributed by atoms with Gasteiger partial charge in [0.1, 0.15) is 18.1 Å². The number of likely N-dealkylation sites (N-methyl/N-ethyl adjacent to an activating group) is 1. The number of esters is 1. The minimum atomic E-state index is -1.10. The van der Waals surface area contributed by atoms with Crippen molar-refractivity contribution in [3.8, 4) is 22.4 Å². The van der Waals surface area contributed by atoms with Crippen LogP contribution in [-0.4, -0.2) is 94.5 Å². The highest BCUT2D eigenvalue weighted by Crippen LogP contribution is 2.42. The Kier molecular flexibility index (Phi) is 13.7. The molecule has 4 atom stereocenters. The van der Waals surface area contributed by atoms with Crippen molar-refractivity contribution in [3.63, 3.8) is 0 Å². The third-order valence-corrected chi connectivity index (χ3v) is 11.8. The first-order valence-electron chi connectivity index (χ1n) is 21.3. The molecule has 4 amide bonds. The Morgan fingerprint density at radius 3 is 2.49 bits per heavy atom. The van der Waals surface area contributed by atoms with Crippen molar-refractivity contribution in [2.45, 2.75) is 112 Å². The van der Waals surface area contributed by atoms with Crippen molar-refractivity contribution >= 4 is 46.2 Å². The molecule has 326 valence electrons. The van der Waals surface area contributed by atoms with E-state index in [-0.39, 0.29) is 36.9 Å². The zero-order valence-electron chi connectivity index (χ0n) is 37.2. The molecule has 2 aromatic heterocycles. The Hall–Kier alpha value is -5.60. The normalized spacial score (nSPS) is 19.2. The van der Waals surface area contributed by atoms with Crippen molar-refractivity contribution in [1.29, 1.82) is 0 Å². The highest BCUT2D eigenvalue weighted by Gasteiger charge is 2.37. The number of anilines is 1. The van der Waals surface area contributed by atoms with Crippen LogP contribution in [0.15, 0.2) is 54.7 Å². The Morgan fingerprint density at radius 2 is 1.82 bits per heavy atom. The molecule has 0 spiro atoms. The Labute approximate surface area is 358 Å². The summed E-state index contributed by atoms with van der Waals surface area (Å²) >= 11 is 0. The topological polar surface area (TPSA) is 164 Å². The van der Waals surface area contributed by atoms with Gasteiger partial charge in [-0.05, 0) is 97.7 Å². The molecule has 4 heterocycles. The number of carbonyl (C=O) groups excluding carboxylic acids is 5. The van der Waals surface area contributed by atoms with Gasteiger partial charge in [0.05, 0.1) is 24.1 Å². The highest BCUT2D eigenvalue weighted by atomic mass is 16.5. The van der Waals surface area contributed by atoms with Crippen LogP contribution in [0.25, 0.3) is 33.3 Å². The first-order chi connectivity index (χ1) is 28.9. The molecule has 6 bridgehead atoms. The molecule has 1 saturated heterocycles. The summed E-state index contributed by atoms with van der Waals surface area (Å²) in [6, 6.07) is 13.3. The molecule has 4 aromatic rings. The first-order valence-corrected chi connectivity index (χ1v) is 21.3. The Bertz CT molecular complexity index is 2320. The maximum absolute atomic E-state index is 14.6. The number of rotatable bonds is 9. The summed E-state index contributed by atoms with van der Waals surface area (Å²) in [5, 5.41) is 8.34. The number of benzene rings is 2. The molecule has 3 N–H and O–H groups in total. The van der Waals surface area contributed by atoms with Gasteiger partial charge in [0.2, 0.25) is 17.7 Å². The third kappa shape index (κ3) is 9.81. The quantitative estimate of drug-likeness (QED) is 0.167. The standard InChI is InChI=1S/C47H61N7O7/c1-11-53-40-17-16-32-24-36(40)37(43(53)35-14-12-18-48-41(35)28(4)60-10)25-47(7,8)26-61-46(59)38-15-13-19-54(51-38)45(58)39(50-44(57)42(27(2)3)52(9)30(6)56)22-31-20-33(32)23-34(21-31)49-29(5)55/h12,14,16-18,20-21,23-24,27-28,38-39,42,51H,11,13,15,19,22,25-26H2,1-10H3,(H,49,55)(H,50,57)/t28-,38-,39-,42?/m0/s1. The van der Waals surface area contributed by atoms with E-state index < -0.39 is 41.3 Å². The van der Waals surface area contributed by atoms with Crippen molar-refractivity contribution < 1.29 is 33.4 Å². The molecular weight excluding hydrogens is 775 g/mol. The van der Waals surface area contributed by atoms with Gasteiger partial charge in [-0.1, -0.05) is 39.8 Å². The molecule has 0 saturated carbocycles. The summed E-state index contributed by atoms with van der Waals surface area (Å²) in [6.07, 6.45) is 3.09. The van der Waals surface area contributed by atoms with Gasteiger partial charge in [-0.3, -0.25) is 34.0 Å². The lowest BCUT2D eigenvalue weighted by Gasteiger charge is -2.36. The fraction of sp³-hybridized carbons (Fsp3) is 0.489. The van der Waals surface area contributed by atoms with E-state index in [2.05, 4.69) is 65.7 Å². The van der Waals surface area contributed by atoms with Crippen LogP contribution in [0.5, 0.6) is 0 Å². The van der Waals surface area contributed by atoms with E-state index >= 15 is 0 Å². The number of cyclic esters (lactones) is 1. The number of fused-ring (bicyclic) bond motifs is 6. The van der Waals surface area contributed by atoms with Gasteiger partial charge >= 0.3 is 5.97 Å². The van der Waals surface area contributed by atoms with E-state index in [9.17, 15) is 24.0 Å². The number of methoxy groups -OCH3 is 1. The lowest BCUT2D eigenvalue weighted by Crippen LogP contribution is -2.62. The average Bonchev–Trinajstić information content (AvgIpc) is 3.52. The third-order valence-electron chi connectivity index (χ3n) is 11.8. The summed E-state index contributed by atoms with van der Waals surface area (Å²) in [5.74, 6) is -2.19. The molecule has 1 fully saturated rings. The second kappa shape index (κ2) is 18.6. The van der Waals surface area contributed by atoms with Crippen molar-refractivity contribution in [1.82, 2.24) is 30.2 Å². The number of hydrogen-bond acceptors (Lipinski definition) is 9. The number of ether oxygens (including phenoxy) is 2. The summed E-state index contributed by atoms with van der Waals surface area (Å²) in [5.41, 5.74) is 10.3. The SMILES string of the molecule is CCn1c(-c2cccnc2[C@H](C)OC)c2c3cc(ccc31)-c1cc(cc(NC(C)=O)c1)C[C@H](NC(=O)C(C(C)C)N(C)C(C)=O)C(=O)N1CCC[C@H](N1)C(=O)OCC(C)(C)C2. The molecule has 2 aliphatic heterocycles. The maximum atomic E-state index is 14.6. The number of nitrogens with zero attached hydrogens (tertiary/aromatic N) is 4. The van der Waals surface area contributed by atoms with Crippen LogP contribution in [0.4, 0.5) is 5.69 Å². The number of amides is 4. The predicted molar refractivity (Wildman–Crippen MR) is 235 cm³/mol. The number of nitrogens with one attached hydrogen (secondary N) is 3. The monoisotopic (exact) mass is 835 g/mol. The number of hydrogen-bond donors (Lipinski definition) is 3. The lowest BCUT2D eigenvalue weighted by molar-refractivity contribution is -0.155. The Morgan fingerprint density at radius 1 is 1.07 bits per heavy atom. The van der Waals surface area contributed by atoms with E-state index in [1.165, 1.54) is 23.8 Å². The molecule has 6 rings (SSSR count). The summed E-state index contributed by atoms with van der Waals surface area (Å²) < 4.78 is 14.2. The van der Waals surface area contributed by atoms with Crippen LogP contribution >= 0.6 is 0 Å². The number of aromatic nitrogens is 2. The smallest absolute Gasteiger partial charge is 0.324 e. The predicted octanol–water partition coefficient (Wildman–Crippen LogP) is 6.21. The summed E-state index contributed by atoms with van der Waals surface area (Å²) in [7, 11) is 3.24. The number of carbonyl (C=O) groups is 5. The first kappa shape index (κ1) is 44.9. The van der Waals surface area contributed by atoms with Gasteiger partial charge in [0.25, 0.3) is 5.91 Å². The van der Waals surface area contributed by atoms with E-state index in [0.29, 0.717) is 43.6 Å². The molecule has 2 aliphatic rings. The average molecular weight is 836 g/mol. The van der Waals surface area contributed by atoms with E-state index in [1.807, 2.05) is 39.0 Å². The molecule has 61 heavy (non-hydrogen) atoms. The van der Waals surface area contributed by atoms with Crippen molar-refractivity contribution in [2.24, 2.45) is 11.3 Å². The minimum Gasteiger partial charge on any atom is -0.464 e. The molecule has 1 unspecified atom stereocenters. The molecule has 14 heteroatoms. The number of pyridine rings is 1. The van der Waals surface area contributed by atoms with Gasteiger partial charge < -0.3 is 29.6 Å². The zero-order chi connectivity index (χ0) is 44.3. The summed E-state index contributed by atoms with van der Waals surface area (Å²) in [6.45, 7) is 15.9. The van der Waals surface area contributed by atoms with Gasteiger partial charge in [0, 0.05) is 81.3 Å². The molecule has 0 aliphatic carbocycles. The van der Waals surface area contributed by atoms with Crippen LogP contribution in [0.3, 0.4) is 0 Å². The van der Waals surface area contributed by atoms with Gasteiger partial charge in [-0.15, -0.1) is 0 Å². The van der Waals surface area contributed by atoms with Crippen molar-refractivity contribution in [3.05, 3.63) is 71.5 Å². The second-order valence-electron chi connectivity index (χ2n) is 17.6. The fourth-order valence-electron chi connectivity index (χ4n) is 8.74. The molecule has 14 nitrogen and oxygen atoms in total. The zero-order valence-corrected chi connectivity index (χ0v) is 37.2. The van der Waals surface area contributed by atoms with Crippen LogP contribution in [-0.2, 0) is 52.8 Å². The van der Waals surface area contributed by atoms with Gasteiger partial charge in [-0.25, -0.2) is 5.43 Å². The van der Waals surface area contributed by atoms with Crippen molar-refractivity contribution in [2.75, 3.05) is 32.6 Å².